The molecule has 2 aliphatic heterocycles. The van der Waals surface area contributed by atoms with Crippen molar-refractivity contribution in [3.63, 3.8) is 0 Å². The van der Waals surface area contributed by atoms with Crippen LogP contribution in [-0.4, -0.2) is 124 Å². The molecule has 2 aliphatic rings. The molecule has 0 aliphatic carbocycles. The molecule has 0 bridgehead atoms. The number of rotatable bonds is 26. The van der Waals surface area contributed by atoms with Gasteiger partial charge >= 0.3 is 11.9 Å². The van der Waals surface area contributed by atoms with Crippen molar-refractivity contribution in [2.75, 3.05) is 102 Å². The van der Waals surface area contributed by atoms with E-state index < -0.39 is 23.3 Å². The molecule has 0 saturated carbocycles. The number of pyridine rings is 2. The predicted molar refractivity (Wildman–Crippen MR) is 314 cm³/mol. The first-order valence-corrected chi connectivity index (χ1v) is 29.5. The summed E-state index contributed by atoms with van der Waals surface area (Å²) >= 11 is 3.61. The number of fused-ring (bicyclic) bond motifs is 4. The first-order valence-electron chi connectivity index (χ1n) is 27.7. The molecule has 2 saturated heterocycles. The van der Waals surface area contributed by atoms with Gasteiger partial charge < -0.3 is 38.2 Å². The Balaban J connectivity index is 0.605. The standard InChI is InChI=1S/C62H72N6O8S2/c1-4-11-47(60(69)75-43-73-58-22-18-45-16-20-48(40-52(45)63-58)71-36-7-5-26-65-28-32-67(33-29-65)54-12-9-14-56-50(54)24-38-77-56)42-62(2,3)61(70)76-44-74-59-23-19-46-17-21-49(41-53(46)64-59)72-37-8-6-27-66-30-34-68(35-31-66)55-13-10-15-57-51(55)25-39-78-57/h9-10,12-25,38-41,47H,4-8,11,26-37,42-44H2,1-3H3. The van der Waals surface area contributed by atoms with E-state index in [4.69, 9.17) is 28.4 Å². The van der Waals surface area contributed by atoms with Crippen LogP contribution in [0.25, 0.3) is 42.0 Å². The monoisotopic (exact) mass is 1090 g/mol. The van der Waals surface area contributed by atoms with Gasteiger partial charge in [0.25, 0.3) is 0 Å². The second-order valence-corrected chi connectivity index (χ2v) is 22.9. The molecule has 0 spiro atoms. The highest BCUT2D eigenvalue weighted by atomic mass is 32.1. The van der Waals surface area contributed by atoms with Crippen molar-refractivity contribution in [1.82, 2.24) is 19.8 Å². The average Bonchev–Trinajstić information content (AvgIpc) is 4.20. The van der Waals surface area contributed by atoms with E-state index >= 15 is 0 Å². The van der Waals surface area contributed by atoms with Crippen molar-refractivity contribution in [2.24, 2.45) is 11.3 Å². The predicted octanol–water partition coefficient (Wildman–Crippen LogP) is 12.5. The number of carbonyl (C=O) groups excluding carboxylic acids is 2. The Morgan fingerprint density at radius 1 is 0.577 bits per heavy atom. The second-order valence-electron chi connectivity index (χ2n) is 21.0. The Hall–Kier alpha value is -6.72. The molecule has 4 aromatic carbocycles. The zero-order valence-electron chi connectivity index (χ0n) is 45.2. The Morgan fingerprint density at radius 3 is 1.56 bits per heavy atom. The van der Waals surface area contributed by atoms with Gasteiger partial charge in [0.1, 0.15) is 11.5 Å². The number of benzene rings is 4. The van der Waals surface area contributed by atoms with Crippen LogP contribution in [0.3, 0.4) is 0 Å². The number of carbonyl (C=O) groups is 2. The van der Waals surface area contributed by atoms with Crippen molar-refractivity contribution < 1.29 is 38.0 Å². The molecule has 8 aromatic rings. The molecule has 0 amide bonds. The van der Waals surface area contributed by atoms with E-state index in [1.54, 1.807) is 48.7 Å². The second kappa shape index (κ2) is 26.3. The molecule has 16 heteroatoms. The summed E-state index contributed by atoms with van der Waals surface area (Å²) in [5.41, 5.74) is 3.14. The summed E-state index contributed by atoms with van der Waals surface area (Å²) in [7, 11) is 0. The van der Waals surface area contributed by atoms with Crippen LogP contribution in [0, 0.1) is 11.3 Å². The van der Waals surface area contributed by atoms with E-state index in [1.165, 1.54) is 31.5 Å². The van der Waals surface area contributed by atoms with Crippen LogP contribution in [0.2, 0.25) is 0 Å². The number of ether oxygens (including phenoxy) is 6. The summed E-state index contributed by atoms with van der Waals surface area (Å²) in [6.45, 7) is 16.6. The molecule has 1 unspecified atom stereocenters. The minimum Gasteiger partial charge on any atom is -0.494 e. The van der Waals surface area contributed by atoms with Gasteiger partial charge in [-0.2, -0.15) is 0 Å². The number of anilines is 2. The highest BCUT2D eigenvalue weighted by molar-refractivity contribution is 7.17. The van der Waals surface area contributed by atoms with Crippen molar-refractivity contribution >= 4 is 88.0 Å². The summed E-state index contributed by atoms with van der Waals surface area (Å²) in [4.78, 5) is 46.3. The van der Waals surface area contributed by atoms with Crippen LogP contribution in [0.15, 0.2) is 120 Å². The average molecular weight is 1090 g/mol. The van der Waals surface area contributed by atoms with Gasteiger partial charge in [0.15, 0.2) is 0 Å². The maximum absolute atomic E-state index is 13.4. The number of piperazine rings is 2. The molecule has 14 nitrogen and oxygen atoms in total. The molecule has 0 N–H and O–H groups in total. The number of thiophene rings is 2. The first kappa shape index (κ1) is 54.6. The Bertz CT molecular complexity index is 3260. The third-order valence-corrected chi connectivity index (χ3v) is 16.8. The van der Waals surface area contributed by atoms with Crippen LogP contribution in [-0.2, 0) is 19.1 Å². The molecule has 1 atom stereocenters. The molecule has 78 heavy (non-hydrogen) atoms. The van der Waals surface area contributed by atoms with E-state index in [0.29, 0.717) is 31.4 Å². The van der Waals surface area contributed by atoms with E-state index in [2.05, 4.69) is 88.9 Å². The summed E-state index contributed by atoms with van der Waals surface area (Å²) in [5.74, 6) is 0.658. The molecular weight excluding hydrogens is 1020 g/mol. The van der Waals surface area contributed by atoms with Crippen molar-refractivity contribution in [3.05, 3.63) is 120 Å². The Labute approximate surface area is 465 Å². The van der Waals surface area contributed by atoms with Gasteiger partial charge in [-0.25, -0.2) is 9.97 Å². The van der Waals surface area contributed by atoms with Crippen molar-refractivity contribution in [3.8, 4) is 23.3 Å². The maximum Gasteiger partial charge on any atom is 0.314 e. The number of nitrogens with zero attached hydrogens (tertiary/aromatic N) is 6. The Kier molecular flexibility index (Phi) is 18.4. The van der Waals surface area contributed by atoms with Gasteiger partial charge in [0.2, 0.25) is 25.3 Å². The maximum atomic E-state index is 13.4. The fourth-order valence-corrected chi connectivity index (χ4v) is 12.3. The lowest BCUT2D eigenvalue weighted by molar-refractivity contribution is -0.164. The SMILES string of the molecule is CCCC(CC(C)(C)C(=O)OCOc1ccc2ccc(OCCCCN3CCN(c4cccc5sccc45)CC3)cc2n1)C(=O)OCOc1ccc2ccc(OCCCCN3CCN(c4cccc5sccc45)CC3)cc2n1. The van der Waals surface area contributed by atoms with Gasteiger partial charge in [-0.3, -0.25) is 19.4 Å². The number of hydrogen-bond donors (Lipinski definition) is 0. The summed E-state index contributed by atoms with van der Waals surface area (Å²) in [6.07, 6.45) is 5.53. The molecule has 10 rings (SSSR count). The molecule has 0 radical (unpaired) electrons. The lowest BCUT2D eigenvalue weighted by atomic mass is 9.81. The third-order valence-electron chi connectivity index (χ3n) is 15.0. The quantitative estimate of drug-likeness (QED) is 0.0290. The van der Waals surface area contributed by atoms with Crippen molar-refractivity contribution in [2.45, 2.75) is 65.7 Å². The normalized spacial score (nSPS) is 15.0. The molecule has 2 fully saturated rings. The summed E-state index contributed by atoms with van der Waals surface area (Å²) < 4.78 is 37.8. The lowest BCUT2D eigenvalue weighted by Gasteiger charge is -2.36. The topological polar surface area (TPSA) is 128 Å². The molecular formula is C62H72N6O8S2. The number of hydrogen-bond acceptors (Lipinski definition) is 16. The van der Waals surface area contributed by atoms with Crippen molar-refractivity contribution in [1.29, 1.82) is 0 Å². The van der Waals surface area contributed by atoms with Crippen LogP contribution in [0.1, 0.15) is 65.7 Å². The fourth-order valence-electron chi connectivity index (χ4n) is 10.6. The van der Waals surface area contributed by atoms with E-state index in [9.17, 15) is 9.59 Å². The minimum absolute atomic E-state index is 0.224. The highest BCUT2D eigenvalue weighted by Crippen LogP contribution is 2.34. The van der Waals surface area contributed by atoms with Crippen LogP contribution in [0.4, 0.5) is 11.4 Å². The molecule has 4 aromatic heterocycles. The van der Waals surface area contributed by atoms with Gasteiger partial charge in [-0.1, -0.05) is 25.5 Å². The summed E-state index contributed by atoms with van der Waals surface area (Å²) in [5, 5.41) is 8.96. The lowest BCUT2D eigenvalue weighted by Crippen LogP contribution is -2.46. The van der Waals surface area contributed by atoms with E-state index in [1.807, 2.05) is 55.5 Å². The summed E-state index contributed by atoms with van der Waals surface area (Å²) in [6, 6.07) is 36.8. The van der Waals surface area contributed by atoms with Gasteiger partial charge in [0.05, 0.1) is 35.6 Å². The van der Waals surface area contributed by atoms with Gasteiger partial charge in [-0.15, -0.1) is 22.7 Å². The highest BCUT2D eigenvalue weighted by Gasteiger charge is 2.36. The zero-order chi connectivity index (χ0) is 53.7. The number of aromatic nitrogens is 2. The third kappa shape index (κ3) is 14.1. The van der Waals surface area contributed by atoms with Gasteiger partial charge in [0, 0.05) is 119 Å². The molecule has 410 valence electrons. The van der Waals surface area contributed by atoms with E-state index in [0.717, 1.165) is 131 Å². The van der Waals surface area contributed by atoms with Crippen LogP contribution < -0.4 is 28.7 Å². The molecule has 6 heterocycles. The fraction of sp³-hybridized carbons (Fsp3) is 0.419. The zero-order valence-corrected chi connectivity index (χ0v) is 46.9. The minimum atomic E-state index is -1.00. The van der Waals surface area contributed by atoms with Crippen LogP contribution in [0.5, 0.6) is 23.3 Å². The smallest absolute Gasteiger partial charge is 0.314 e. The largest absolute Gasteiger partial charge is 0.494 e. The van der Waals surface area contributed by atoms with E-state index in [-0.39, 0.29) is 20.0 Å². The van der Waals surface area contributed by atoms with Gasteiger partial charge in [-0.05, 0) is 149 Å². The Morgan fingerprint density at radius 2 is 1.06 bits per heavy atom. The number of esters is 2. The first-order chi connectivity index (χ1) is 38.2. The van der Waals surface area contributed by atoms with Crippen LogP contribution >= 0.6 is 22.7 Å². The number of unbranched alkanes of at least 4 members (excludes halogenated alkanes) is 2.